The van der Waals surface area contributed by atoms with E-state index in [1.807, 2.05) is 13.0 Å². The van der Waals surface area contributed by atoms with Crippen LogP contribution in [0.3, 0.4) is 0 Å². The van der Waals surface area contributed by atoms with Crippen LogP contribution in [0.15, 0.2) is 66.9 Å². The average Bonchev–Trinajstić information content (AvgIpc) is 2.59. The summed E-state index contributed by atoms with van der Waals surface area (Å²) in [5.41, 5.74) is 1.05. The van der Waals surface area contributed by atoms with E-state index in [0.717, 1.165) is 5.56 Å². The molecule has 3 rings (SSSR count). The fourth-order valence-corrected chi connectivity index (χ4v) is 2.09. The first kappa shape index (κ1) is 15.7. The highest BCUT2D eigenvalue weighted by Crippen LogP contribution is 2.34. The summed E-state index contributed by atoms with van der Waals surface area (Å²) in [6.07, 6.45) is 1.61. The quantitative estimate of drug-likeness (QED) is 0.522. The summed E-state index contributed by atoms with van der Waals surface area (Å²) in [6, 6.07) is 15.7. The molecule has 4 nitrogen and oxygen atoms in total. The first-order valence-corrected chi connectivity index (χ1v) is 7.30. The summed E-state index contributed by atoms with van der Waals surface area (Å²) in [4.78, 5) is 16.3. The van der Waals surface area contributed by atoms with Gasteiger partial charge in [-0.1, -0.05) is 18.2 Å². The molecular formula is C19H14FNO3. The van der Waals surface area contributed by atoms with E-state index in [1.54, 1.807) is 36.5 Å². The summed E-state index contributed by atoms with van der Waals surface area (Å²) in [6.45, 7) is 1.84. The lowest BCUT2D eigenvalue weighted by Gasteiger charge is -2.13. The molecule has 5 heteroatoms. The van der Waals surface area contributed by atoms with Crippen molar-refractivity contribution >= 4 is 5.97 Å². The van der Waals surface area contributed by atoms with Gasteiger partial charge in [0.15, 0.2) is 11.5 Å². The Hall–Kier alpha value is -3.21. The number of aryl methyl sites for hydroxylation is 1. The zero-order chi connectivity index (χ0) is 16.9. The highest BCUT2D eigenvalue weighted by atomic mass is 19.1. The third kappa shape index (κ3) is 3.57. The fraction of sp³-hybridized carbons (Fsp3) is 0.0526. The van der Waals surface area contributed by atoms with Crippen molar-refractivity contribution in [1.82, 2.24) is 4.98 Å². The lowest BCUT2D eigenvalue weighted by molar-refractivity contribution is 0.0730. The van der Waals surface area contributed by atoms with Gasteiger partial charge in [0.1, 0.15) is 5.82 Å². The molecule has 0 amide bonds. The van der Waals surface area contributed by atoms with Gasteiger partial charge in [0.25, 0.3) is 0 Å². The van der Waals surface area contributed by atoms with Crippen molar-refractivity contribution in [1.29, 1.82) is 0 Å². The van der Waals surface area contributed by atoms with Crippen LogP contribution in [0.2, 0.25) is 0 Å². The molecule has 1 heterocycles. The number of ether oxygens (including phenoxy) is 2. The summed E-state index contributed by atoms with van der Waals surface area (Å²) in [7, 11) is 0. The number of carbonyl (C=O) groups is 1. The zero-order valence-corrected chi connectivity index (χ0v) is 12.9. The molecule has 0 saturated carbocycles. The maximum Gasteiger partial charge on any atom is 0.343 e. The lowest BCUT2D eigenvalue weighted by Crippen LogP contribution is -2.09. The van der Waals surface area contributed by atoms with Gasteiger partial charge >= 0.3 is 5.97 Å². The van der Waals surface area contributed by atoms with Crippen molar-refractivity contribution in [2.75, 3.05) is 0 Å². The van der Waals surface area contributed by atoms with E-state index in [4.69, 9.17) is 9.47 Å². The maximum atomic E-state index is 13.0. The predicted molar refractivity (Wildman–Crippen MR) is 86.8 cm³/mol. The van der Waals surface area contributed by atoms with Crippen LogP contribution in [0.25, 0.3) is 0 Å². The Morgan fingerprint density at radius 2 is 1.79 bits per heavy atom. The number of carbonyl (C=O) groups excluding carboxylic acids is 1. The van der Waals surface area contributed by atoms with Crippen LogP contribution in [-0.2, 0) is 0 Å². The molecule has 0 radical (unpaired) electrons. The minimum Gasteiger partial charge on any atom is -0.435 e. The van der Waals surface area contributed by atoms with Crippen molar-refractivity contribution in [2.45, 2.75) is 6.92 Å². The van der Waals surface area contributed by atoms with Crippen LogP contribution in [0.1, 0.15) is 15.9 Å². The second-order valence-electron chi connectivity index (χ2n) is 5.07. The number of aromatic nitrogens is 1. The number of esters is 1. The van der Waals surface area contributed by atoms with Crippen LogP contribution in [0.5, 0.6) is 17.4 Å². The molecule has 0 bridgehead atoms. The number of hydrogen-bond donors (Lipinski definition) is 0. The van der Waals surface area contributed by atoms with Gasteiger partial charge in [-0.2, -0.15) is 0 Å². The van der Waals surface area contributed by atoms with Gasteiger partial charge in [0, 0.05) is 12.3 Å². The Morgan fingerprint density at radius 1 is 1.00 bits per heavy atom. The van der Waals surface area contributed by atoms with E-state index in [1.165, 1.54) is 24.3 Å². The number of pyridine rings is 1. The smallest absolute Gasteiger partial charge is 0.343 e. The molecule has 3 aromatic rings. The minimum absolute atomic E-state index is 0.252. The second kappa shape index (κ2) is 6.91. The molecule has 0 atom stereocenters. The molecule has 1 aromatic heterocycles. The van der Waals surface area contributed by atoms with Crippen LogP contribution in [0.4, 0.5) is 4.39 Å². The topological polar surface area (TPSA) is 48.4 Å². The summed E-state index contributed by atoms with van der Waals surface area (Å²) < 4.78 is 24.1. The number of hydrogen-bond acceptors (Lipinski definition) is 4. The normalized spacial score (nSPS) is 10.2. The lowest BCUT2D eigenvalue weighted by atomic mass is 10.2. The van der Waals surface area contributed by atoms with Gasteiger partial charge in [-0.05, 0) is 48.9 Å². The van der Waals surface area contributed by atoms with E-state index in [2.05, 4.69) is 4.98 Å². The second-order valence-corrected chi connectivity index (χ2v) is 5.07. The van der Waals surface area contributed by atoms with Crippen molar-refractivity contribution in [2.24, 2.45) is 0 Å². The highest BCUT2D eigenvalue weighted by molar-refractivity contribution is 5.91. The molecule has 24 heavy (non-hydrogen) atoms. The largest absolute Gasteiger partial charge is 0.435 e. The van der Waals surface area contributed by atoms with Crippen LogP contribution < -0.4 is 9.47 Å². The Bertz CT molecular complexity index is 848. The Kier molecular flexibility index (Phi) is 4.52. The third-order valence-electron chi connectivity index (χ3n) is 3.30. The first-order valence-electron chi connectivity index (χ1n) is 7.30. The van der Waals surface area contributed by atoms with Crippen LogP contribution in [-0.4, -0.2) is 11.0 Å². The predicted octanol–water partition coefficient (Wildman–Crippen LogP) is 4.54. The van der Waals surface area contributed by atoms with E-state index >= 15 is 0 Å². The van der Waals surface area contributed by atoms with Gasteiger partial charge in [0.05, 0.1) is 5.56 Å². The molecule has 0 unspecified atom stereocenters. The van der Waals surface area contributed by atoms with E-state index in [0.29, 0.717) is 11.6 Å². The minimum atomic E-state index is -0.591. The van der Waals surface area contributed by atoms with Crippen LogP contribution in [0, 0.1) is 12.7 Å². The Morgan fingerprint density at radius 3 is 2.50 bits per heavy atom. The number of halogens is 1. The summed E-state index contributed by atoms with van der Waals surface area (Å²) in [5, 5.41) is 0. The van der Waals surface area contributed by atoms with Crippen molar-refractivity contribution in [3.63, 3.8) is 0 Å². The molecular weight excluding hydrogens is 309 g/mol. The van der Waals surface area contributed by atoms with Gasteiger partial charge in [-0.3, -0.25) is 0 Å². The third-order valence-corrected chi connectivity index (χ3v) is 3.30. The van der Waals surface area contributed by atoms with Crippen LogP contribution >= 0.6 is 0 Å². The summed E-state index contributed by atoms with van der Waals surface area (Å²) in [5.74, 6) is 0.0697. The molecule has 0 aliphatic rings. The number of nitrogens with zero attached hydrogens (tertiary/aromatic N) is 1. The molecule has 2 aromatic carbocycles. The number of rotatable bonds is 4. The van der Waals surface area contributed by atoms with E-state index < -0.39 is 11.8 Å². The van der Waals surface area contributed by atoms with Gasteiger partial charge in [-0.15, -0.1) is 0 Å². The molecule has 0 fully saturated rings. The Balaban J connectivity index is 1.86. The molecule has 120 valence electrons. The SMILES string of the molecule is Cc1cccc(OC(=O)c2ccc(F)cc2)c1Oc1ccccn1. The molecule has 0 aliphatic carbocycles. The fourth-order valence-electron chi connectivity index (χ4n) is 2.09. The monoisotopic (exact) mass is 323 g/mol. The first-order chi connectivity index (χ1) is 11.6. The molecule has 0 aliphatic heterocycles. The average molecular weight is 323 g/mol. The van der Waals surface area contributed by atoms with Gasteiger partial charge in [0.2, 0.25) is 5.88 Å². The van der Waals surface area contributed by atoms with Crippen molar-refractivity contribution < 1.29 is 18.7 Å². The zero-order valence-electron chi connectivity index (χ0n) is 12.9. The molecule has 0 spiro atoms. The van der Waals surface area contributed by atoms with Gasteiger partial charge in [-0.25, -0.2) is 14.2 Å². The van der Waals surface area contributed by atoms with Crippen molar-refractivity contribution in [3.05, 3.63) is 83.8 Å². The van der Waals surface area contributed by atoms with E-state index in [9.17, 15) is 9.18 Å². The molecule has 0 saturated heterocycles. The Labute approximate surface area is 138 Å². The number of benzene rings is 2. The van der Waals surface area contributed by atoms with Gasteiger partial charge < -0.3 is 9.47 Å². The maximum absolute atomic E-state index is 13.0. The number of para-hydroxylation sites is 1. The molecule has 0 N–H and O–H groups in total. The van der Waals surface area contributed by atoms with E-state index in [-0.39, 0.29) is 11.3 Å². The summed E-state index contributed by atoms with van der Waals surface area (Å²) >= 11 is 0. The standard InChI is InChI=1S/C19H14FNO3/c1-13-5-4-6-16(18(13)24-17-7-2-3-12-21-17)23-19(22)14-8-10-15(20)11-9-14/h2-12H,1H3. The highest BCUT2D eigenvalue weighted by Gasteiger charge is 2.15. The van der Waals surface area contributed by atoms with Crippen molar-refractivity contribution in [3.8, 4) is 17.4 Å².